The Bertz CT molecular complexity index is 426. The summed E-state index contributed by atoms with van der Waals surface area (Å²) in [6.07, 6.45) is 5.21. The van der Waals surface area contributed by atoms with E-state index in [0.29, 0.717) is 25.2 Å². The van der Waals surface area contributed by atoms with Crippen LogP contribution in [0.1, 0.15) is 52.4 Å². The van der Waals surface area contributed by atoms with Crippen LogP contribution < -0.4 is 40.0 Å². The number of hydrogen-bond acceptors (Lipinski definition) is 4. The van der Waals surface area contributed by atoms with Gasteiger partial charge in [0, 0.05) is 12.4 Å². The first-order chi connectivity index (χ1) is 9.76. The zero-order chi connectivity index (χ0) is 16.0. The van der Waals surface area contributed by atoms with E-state index in [0.717, 1.165) is 25.3 Å². The van der Waals surface area contributed by atoms with Gasteiger partial charge in [0.15, 0.2) is 5.78 Å². The molecule has 6 heteroatoms. The van der Waals surface area contributed by atoms with Crippen LogP contribution in [0.2, 0.25) is 0 Å². The molecular weight excluding hydrogens is 293 g/mol. The van der Waals surface area contributed by atoms with Crippen molar-refractivity contribution in [1.29, 1.82) is 0 Å². The standard InChI is InChI=1S/C16H25NO4.Na/c1-4-14(19)17-16(2,3)13(18)10-7-11-5-8-12(9-6-11)15(20)21;/h4,11-12H,1,5-10H2,2-3H3,(H,17,19)(H,20,21);/q;+1/p-1. The van der Waals surface area contributed by atoms with Crippen LogP contribution in [0.15, 0.2) is 12.7 Å². The molecule has 0 aromatic carbocycles. The number of carboxylic acids is 1. The van der Waals surface area contributed by atoms with Crippen LogP contribution in [0.4, 0.5) is 0 Å². The molecule has 0 aromatic rings. The Kier molecular flexibility index (Phi) is 9.20. The number of ketones is 1. The molecule has 1 aliphatic carbocycles. The zero-order valence-electron chi connectivity index (χ0n) is 13.8. The van der Waals surface area contributed by atoms with Crippen LogP contribution >= 0.6 is 0 Å². The van der Waals surface area contributed by atoms with Crippen LogP contribution in [-0.4, -0.2) is 23.2 Å². The molecule has 1 rings (SSSR count). The average molecular weight is 317 g/mol. The molecule has 0 saturated heterocycles. The monoisotopic (exact) mass is 317 g/mol. The summed E-state index contributed by atoms with van der Waals surface area (Å²) in [7, 11) is 0. The Hall–Kier alpha value is -0.650. The normalized spacial score (nSPS) is 21.4. The Morgan fingerprint density at radius 2 is 1.77 bits per heavy atom. The summed E-state index contributed by atoms with van der Waals surface area (Å²) in [6, 6.07) is 0. The Morgan fingerprint density at radius 3 is 2.23 bits per heavy atom. The van der Waals surface area contributed by atoms with Crippen molar-refractivity contribution in [2.75, 3.05) is 0 Å². The first-order valence-corrected chi connectivity index (χ1v) is 7.45. The molecule has 1 amide bonds. The Balaban J connectivity index is 0.00000441. The molecule has 0 unspecified atom stereocenters. The number of nitrogens with one attached hydrogen (secondary N) is 1. The van der Waals surface area contributed by atoms with E-state index in [1.54, 1.807) is 13.8 Å². The predicted molar refractivity (Wildman–Crippen MR) is 77.1 cm³/mol. The molecule has 0 atom stereocenters. The van der Waals surface area contributed by atoms with Gasteiger partial charge in [0.25, 0.3) is 0 Å². The second-order valence-electron chi connectivity index (χ2n) is 6.32. The van der Waals surface area contributed by atoms with E-state index in [2.05, 4.69) is 11.9 Å². The molecule has 22 heavy (non-hydrogen) atoms. The summed E-state index contributed by atoms with van der Waals surface area (Å²) in [6.45, 7) is 6.74. The molecule has 0 heterocycles. The van der Waals surface area contributed by atoms with Crippen molar-refractivity contribution < 1.29 is 49.0 Å². The predicted octanol–water partition coefficient (Wildman–Crippen LogP) is -2.02. The SMILES string of the molecule is C=CC(=O)NC(C)(C)C(=O)CCC1CCC(C(=O)[O-])CC1.[Na+]. The second kappa shape index (κ2) is 9.48. The summed E-state index contributed by atoms with van der Waals surface area (Å²) >= 11 is 0. The summed E-state index contributed by atoms with van der Waals surface area (Å²) < 4.78 is 0. The molecule has 0 radical (unpaired) electrons. The topological polar surface area (TPSA) is 86.3 Å². The number of carboxylic acid groups (broad SMARTS) is 1. The van der Waals surface area contributed by atoms with Gasteiger partial charge in [-0.15, -0.1) is 0 Å². The molecule has 1 N–H and O–H groups in total. The third-order valence-electron chi connectivity index (χ3n) is 4.28. The maximum absolute atomic E-state index is 12.2. The number of carbonyl (C=O) groups excluding carboxylic acids is 3. The summed E-state index contributed by atoms with van der Waals surface area (Å²) in [4.78, 5) is 34.2. The van der Waals surface area contributed by atoms with Crippen molar-refractivity contribution in [2.45, 2.75) is 57.9 Å². The fraction of sp³-hybridized carbons (Fsp3) is 0.688. The van der Waals surface area contributed by atoms with E-state index in [1.807, 2.05) is 0 Å². The van der Waals surface area contributed by atoms with Crippen molar-refractivity contribution in [3.8, 4) is 0 Å². The van der Waals surface area contributed by atoms with E-state index < -0.39 is 11.5 Å². The van der Waals surface area contributed by atoms with Crippen LogP contribution in [-0.2, 0) is 14.4 Å². The van der Waals surface area contributed by atoms with Crippen LogP contribution in [0.25, 0.3) is 0 Å². The van der Waals surface area contributed by atoms with E-state index in [9.17, 15) is 19.5 Å². The summed E-state index contributed by atoms with van der Waals surface area (Å²) in [5.41, 5.74) is -0.895. The molecule has 0 aliphatic heterocycles. The third-order valence-corrected chi connectivity index (χ3v) is 4.28. The van der Waals surface area contributed by atoms with Crippen LogP contribution in [0.5, 0.6) is 0 Å². The number of rotatable bonds is 7. The molecular formula is C16H24NNaO4. The van der Waals surface area contributed by atoms with E-state index in [1.165, 1.54) is 0 Å². The average Bonchev–Trinajstić information content (AvgIpc) is 2.44. The Labute approximate surface area is 154 Å². The van der Waals surface area contributed by atoms with Gasteiger partial charge >= 0.3 is 29.6 Å². The van der Waals surface area contributed by atoms with Gasteiger partial charge in [-0.25, -0.2) is 0 Å². The molecule has 0 aromatic heterocycles. The molecule has 118 valence electrons. The molecule has 1 aliphatic rings. The van der Waals surface area contributed by atoms with E-state index >= 15 is 0 Å². The van der Waals surface area contributed by atoms with Crippen molar-refractivity contribution in [1.82, 2.24) is 5.32 Å². The number of Topliss-reactive ketones (excluding diaryl/α,β-unsaturated/α-hetero) is 1. The molecule has 1 saturated carbocycles. The summed E-state index contributed by atoms with van der Waals surface area (Å²) in [5, 5.41) is 13.4. The van der Waals surface area contributed by atoms with Gasteiger partial charge in [-0.1, -0.05) is 6.58 Å². The summed E-state index contributed by atoms with van der Waals surface area (Å²) in [5.74, 6) is -1.28. The Morgan fingerprint density at radius 1 is 1.23 bits per heavy atom. The smallest absolute Gasteiger partial charge is 0.550 e. The number of amides is 1. The van der Waals surface area contributed by atoms with Gasteiger partial charge < -0.3 is 15.2 Å². The zero-order valence-corrected chi connectivity index (χ0v) is 15.8. The fourth-order valence-corrected chi connectivity index (χ4v) is 2.76. The minimum absolute atomic E-state index is 0. The minimum Gasteiger partial charge on any atom is -0.550 e. The van der Waals surface area contributed by atoms with Crippen molar-refractivity contribution >= 4 is 17.7 Å². The van der Waals surface area contributed by atoms with Crippen molar-refractivity contribution in [3.05, 3.63) is 12.7 Å². The number of hydrogen-bond donors (Lipinski definition) is 1. The van der Waals surface area contributed by atoms with Gasteiger partial charge in [0.05, 0.1) is 5.54 Å². The van der Waals surface area contributed by atoms with Gasteiger partial charge in [-0.05, 0) is 63.9 Å². The minimum atomic E-state index is -0.960. The fourth-order valence-electron chi connectivity index (χ4n) is 2.76. The van der Waals surface area contributed by atoms with Gasteiger partial charge in [0.1, 0.15) is 0 Å². The van der Waals surface area contributed by atoms with Gasteiger partial charge in [0.2, 0.25) is 5.91 Å². The first-order valence-electron chi connectivity index (χ1n) is 7.45. The van der Waals surface area contributed by atoms with Crippen molar-refractivity contribution in [2.24, 2.45) is 11.8 Å². The van der Waals surface area contributed by atoms with Gasteiger partial charge in [-0.3, -0.25) is 9.59 Å². The first kappa shape index (κ1) is 21.4. The van der Waals surface area contributed by atoms with Crippen molar-refractivity contribution in [3.63, 3.8) is 0 Å². The number of carbonyl (C=O) groups is 3. The van der Waals surface area contributed by atoms with Crippen LogP contribution in [0.3, 0.4) is 0 Å². The quantitative estimate of drug-likeness (QED) is 0.434. The maximum Gasteiger partial charge on any atom is 1.00 e. The second-order valence-corrected chi connectivity index (χ2v) is 6.32. The number of aliphatic carboxylic acids is 1. The molecule has 0 bridgehead atoms. The largest absolute Gasteiger partial charge is 1.00 e. The third kappa shape index (κ3) is 6.63. The molecule has 0 spiro atoms. The van der Waals surface area contributed by atoms with Crippen LogP contribution in [0, 0.1) is 11.8 Å². The van der Waals surface area contributed by atoms with Gasteiger partial charge in [-0.2, -0.15) is 0 Å². The van der Waals surface area contributed by atoms with E-state index in [4.69, 9.17) is 0 Å². The molecule has 1 fully saturated rings. The molecule has 5 nitrogen and oxygen atoms in total. The maximum atomic E-state index is 12.2. The van der Waals surface area contributed by atoms with E-state index in [-0.39, 0.29) is 47.2 Å².